The van der Waals surface area contributed by atoms with Crippen LogP contribution in [0, 0.1) is 24.0 Å². The summed E-state index contributed by atoms with van der Waals surface area (Å²) >= 11 is 0. The number of phenols is 1. The molecule has 2 N–H and O–H groups in total. The van der Waals surface area contributed by atoms with E-state index in [0.717, 1.165) is 22.4 Å². The Morgan fingerprint density at radius 2 is 1.95 bits per heavy atom. The van der Waals surface area contributed by atoms with Crippen molar-refractivity contribution >= 4 is 11.4 Å². The predicted octanol–water partition coefficient (Wildman–Crippen LogP) is 4.09. The lowest BCUT2D eigenvalue weighted by Crippen LogP contribution is -2.08. The molecule has 5 heteroatoms. The lowest BCUT2D eigenvalue weighted by atomic mass is 10.0. The van der Waals surface area contributed by atoms with E-state index < -0.39 is 4.92 Å². The molecule has 0 fully saturated rings. The van der Waals surface area contributed by atoms with Crippen molar-refractivity contribution in [3.8, 4) is 5.75 Å². The minimum absolute atomic E-state index is 0.0737. The Morgan fingerprint density at radius 1 is 1.24 bits per heavy atom. The number of aromatic hydroxyl groups is 1. The van der Waals surface area contributed by atoms with Crippen LogP contribution in [0.1, 0.15) is 29.7 Å². The van der Waals surface area contributed by atoms with E-state index in [-0.39, 0.29) is 17.5 Å². The number of nitro benzene ring substituents is 1. The number of benzene rings is 2. The number of nitro groups is 1. The standard InChI is InChI=1S/C16H18N2O3/c1-10-7-8-15(11(2)16(10)19)17-12(3)13-5-4-6-14(9-13)18(20)21/h4-9,12,17,19H,1-3H3. The summed E-state index contributed by atoms with van der Waals surface area (Å²) in [5.74, 6) is 0.270. The van der Waals surface area contributed by atoms with Crippen LogP contribution < -0.4 is 5.32 Å². The Hall–Kier alpha value is -2.56. The van der Waals surface area contributed by atoms with E-state index >= 15 is 0 Å². The van der Waals surface area contributed by atoms with Gasteiger partial charge in [-0.1, -0.05) is 18.2 Å². The predicted molar refractivity (Wildman–Crippen MR) is 82.7 cm³/mol. The average Bonchev–Trinajstić information content (AvgIpc) is 2.48. The molecule has 0 aromatic heterocycles. The second kappa shape index (κ2) is 5.83. The molecule has 0 amide bonds. The van der Waals surface area contributed by atoms with Gasteiger partial charge in [0.1, 0.15) is 5.75 Å². The number of nitrogens with zero attached hydrogens (tertiary/aromatic N) is 1. The number of rotatable bonds is 4. The van der Waals surface area contributed by atoms with E-state index in [2.05, 4.69) is 5.32 Å². The summed E-state index contributed by atoms with van der Waals surface area (Å²) in [7, 11) is 0. The van der Waals surface area contributed by atoms with Gasteiger partial charge in [0, 0.05) is 29.4 Å². The Labute approximate surface area is 123 Å². The van der Waals surface area contributed by atoms with Crippen LogP contribution in [0.5, 0.6) is 5.75 Å². The van der Waals surface area contributed by atoms with Crippen LogP contribution >= 0.6 is 0 Å². The number of hydrogen-bond acceptors (Lipinski definition) is 4. The van der Waals surface area contributed by atoms with Crippen LogP contribution in [0.25, 0.3) is 0 Å². The van der Waals surface area contributed by atoms with Gasteiger partial charge in [0.15, 0.2) is 0 Å². The number of anilines is 1. The summed E-state index contributed by atoms with van der Waals surface area (Å²) in [5, 5.41) is 24.1. The lowest BCUT2D eigenvalue weighted by Gasteiger charge is -2.18. The van der Waals surface area contributed by atoms with E-state index in [9.17, 15) is 15.2 Å². The Bertz CT molecular complexity index is 683. The zero-order valence-electron chi connectivity index (χ0n) is 12.3. The van der Waals surface area contributed by atoms with Gasteiger partial charge in [-0.2, -0.15) is 0 Å². The van der Waals surface area contributed by atoms with Crippen LogP contribution in [-0.2, 0) is 0 Å². The van der Waals surface area contributed by atoms with Crippen LogP contribution in [0.3, 0.4) is 0 Å². The molecule has 2 rings (SSSR count). The van der Waals surface area contributed by atoms with Gasteiger partial charge in [0.05, 0.1) is 4.92 Å². The summed E-state index contributed by atoms with van der Waals surface area (Å²) in [4.78, 5) is 10.4. The van der Waals surface area contributed by atoms with Crippen molar-refractivity contribution in [3.63, 3.8) is 0 Å². The topological polar surface area (TPSA) is 75.4 Å². The fourth-order valence-corrected chi connectivity index (χ4v) is 2.22. The first kappa shape index (κ1) is 14.8. The molecule has 0 aliphatic carbocycles. The van der Waals surface area contributed by atoms with Gasteiger partial charge >= 0.3 is 0 Å². The molecule has 1 atom stereocenters. The van der Waals surface area contributed by atoms with Crippen molar-refractivity contribution < 1.29 is 10.0 Å². The van der Waals surface area contributed by atoms with Gasteiger partial charge in [-0.15, -0.1) is 0 Å². The summed E-state index contributed by atoms with van der Waals surface area (Å²) in [5.41, 5.74) is 3.30. The quantitative estimate of drug-likeness (QED) is 0.655. The van der Waals surface area contributed by atoms with Gasteiger partial charge in [0.2, 0.25) is 0 Å². The summed E-state index contributed by atoms with van der Waals surface area (Å²) in [6.45, 7) is 5.61. The van der Waals surface area contributed by atoms with Crippen molar-refractivity contribution in [2.24, 2.45) is 0 Å². The van der Waals surface area contributed by atoms with Gasteiger partial charge in [-0.05, 0) is 38.0 Å². The fourth-order valence-electron chi connectivity index (χ4n) is 2.22. The molecule has 0 aliphatic rings. The maximum absolute atomic E-state index is 10.8. The molecule has 21 heavy (non-hydrogen) atoms. The molecule has 2 aromatic rings. The van der Waals surface area contributed by atoms with Crippen molar-refractivity contribution in [3.05, 3.63) is 63.2 Å². The molecule has 0 heterocycles. The smallest absolute Gasteiger partial charge is 0.269 e. The highest BCUT2D eigenvalue weighted by atomic mass is 16.6. The Balaban J connectivity index is 2.26. The maximum atomic E-state index is 10.8. The second-order valence-electron chi connectivity index (χ2n) is 5.12. The van der Waals surface area contributed by atoms with Crippen molar-refractivity contribution in [1.29, 1.82) is 0 Å². The zero-order chi connectivity index (χ0) is 15.6. The third-order valence-electron chi connectivity index (χ3n) is 3.59. The molecular weight excluding hydrogens is 268 g/mol. The molecular formula is C16H18N2O3. The Morgan fingerprint density at radius 3 is 2.62 bits per heavy atom. The normalized spacial score (nSPS) is 12.0. The average molecular weight is 286 g/mol. The van der Waals surface area contributed by atoms with E-state index in [1.807, 2.05) is 39.0 Å². The van der Waals surface area contributed by atoms with Gasteiger partial charge < -0.3 is 10.4 Å². The van der Waals surface area contributed by atoms with Crippen LogP contribution in [0.15, 0.2) is 36.4 Å². The number of hydrogen-bond donors (Lipinski definition) is 2. The number of phenolic OH excluding ortho intramolecular Hbond substituents is 1. The van der Waals surface area contributed by atoms with E-state index in [1.54, 1.807) is 12.1 Å². The molecule has 2 aromatic carbocycles. The molecule has 0 radical (unpaired) electrons. The highest BCUT2D eigenvalue weighted by Crippen LogP contribution is 2.31. The molecule has 5 nitrogen and oxygen atoms in total. The minimum Gasteiger partial charge on any atom is -0.507 e. The lowest BCUT2D eigenvalue weighted by molar-refractivity contribution is -0.384. The monoisotopic (exact) mass is 286 g/mol. The third-order valence-corrected chi connectivity index (χ3v) is 3.59. The molecule has 0 spiro atoms. The summed E-state index contributed by atoms with van der Waals surface area (Å²) < 4.78 is 0. The second-order valence-corrected chi connectivity index (χ2v) is 5.12. The van der Waals surface area contributed by atoms with E-state index in [4.69, 9.17) is 0 Å². The molecule has 0 saturated heterocycles. The number of non-ortho nitro benzene ring substituents is 1. The Kier molecular flexibility index (Phi) is 4.12. The molecule has 0 saturated carbocycles. The first-order valence-corrected chi connectivity index (χ1v) is 6.70. The van der Waals surface area contributed by atoms with Crippen LogP contribution in [-0.4, -0.2) is 10.0 Å². The zero-order valence-corrected chi connectivity index (χ0v) is 12.3. The molecule has 1 unspecified atom stereocenters. The molecule has 0 bridgehead atoms. The fraction of sp³-hybridized carbons (Fsp3) is 0.250. The minimum atomic E-state index is -0.404. The SMILES string of the molecule is Cc1ccc(NC(C)c2cccc([N+](=O)[O-])c2)c(C)c1O. The molecule has 110 valence electrons. The van der Waals surface area contributed by atoms with Crippen LogP contribution in [0.2, 0.25) is 0 Å². The van der Waals surface area contributed by atoms with Gasteiger partial charge in [0.25, 0.3) is 5.69 Å². The van der Waals surface area contributed by atoms with Crippen molar-refractivity contribution in [2.75, 3.05) is 5.32 Å². The summed E-state index contributed by atoms with van der Waals surface area (Å²) in [6, 6.07) is 10.2. The van der Waals surface area contributed by atoms with Gasteiger partial charge in [-0.25, -0.2) is 0 Å². The molecule has 0 aliphatic heterocycles. The van der Waals surface area contributed by atoms with Crippen molar-refractivity contribution in [2.45, 2.75) is 26.8 Å². The summed E-state index contributed by atoms with van der Waals surface area (Å²) in [6.07, 6.45) is 0. The number of nitrogens with one attached hydrogen (secondary N) is 1. The van der Waals surface area contributed by atoms with Crippen molar-refractivity contribution in [1.82, 2.24) is 0 Å². The highest BCUT2D eigenvalue weighted by Gasteiger charge is 2.13. The van der Waals surface area contributed by atoms with E-state index in [0.29, 0.717) is 0 Å². The van der Waals surface area contributed by atoms with Gasteiger partial charge in [-0.3, -0.25) is 10.1 Å². The van der Waals surface area contributed by atoms with E-state index in [1.165, 1.54) is 6.07 Å². The first-order valence-electron chi connectivity index (χ1n) is 6.70. The first-order chi connectivity index (χ1) is 9.90. The maximum Gasteiger partial charge on any atom is 0.269 e. The highest BCUT2D eigenvalue weighted by molar-refractivity contribution is 5.60. The van der Waals surface area contributed by atoms with Crippen LogP contribution in [0.4, 0.5) is 11.4 Å². The number of aryl methyl sites for hydroxylation is 1. The largest absolute Gasteiger partial charge is 0.507 e. The third kappa shape index (κ3) is 3.13.